The number of hydrogen-bond donors (Lipinski definition) is 1. The van der Waals surface area contributed by atoms with E-state index in [0.29, 0.717) is 4.47 Å². The molecule has 0 radical (unpaired) electrons. The van der Waals surface area contributed by atoms with E-state index in [4.69, 9.17) is 11.6 Å². The van der Waals surface area contributed by atoms with Gasteiger partial charge in [0.25, 0.3) is 0 Å². The summed E-state index contributed by atoms with van der Waals surface area (Å²) in [7, 11) is -0.725. The number of sulfonamides is 1. The summed E-state index contributed by atoms with van der Waals surface area (Å²) in [6, 6.07) is 3.56. The number of amides is 1. The fourth-order valence-electron chi connectivity index (χ4n) is 1.43. The van der Waals surface area contributed by atoms with Gasteiger partial charge in [-0.15, -0.1) is 0 Å². The molecular formula is C11H14BrClN2O3S. The SMILES string of the molecule is CC(NS(=O)(=O)c1ccc(Br)cc1Cl)C(=O)N(C)C. The molecule has 0 heterocycles. The maximum Gasteiger partial charge on any atom is 0.242 e. The number of hydrogen-bond acceptors (Lipinski definition) is 3. The van der Waals surface area contributed by atoms with Gasteiger partial charge >= 0.3 is 0 Å². The number of nitrogens with one attached hydrogen (secondary N) is 1. The van der Waals surface area contributed by atoms with Crippen molar-refractivity contribution in [1.29, 1.82) is 0 Å². The average Bonchev–Trinajstić information content (AvgIpc) is 2.26. The van der Waals surface area contributed by atoms with Crippen LogP contribution in [0.3, 0.4) is 0 Å². The van der Waals surface area contributed by atoms with Gasteiger partial charge in [-0.25, -0.2) is 8.42 Å². The highest BCUT2D eigenvalue weighted by molar-refractivity contribution is 9.10. The summed E-state index contributed by atoms with van der Waals surface area (Å²) in [5, 5.41) is 0.0892. The zero-order valence-electron chi connectivity index (χ0n) is 10.6. The van der Waals surface area contributed by atoms with Crippen LogP contribution >= 0.6 is 27.5 Å². The summed E-state index contributed by atoms with van der Waals surface area (Å²) in [4.78, 5) is 12.9. The lowest BCUT2D eigenvalue weighted by atomic mass is 10.3. The van der Waals surface area contributed by atoms with Crippen molar-refractivity contribution in [1.82, 2.24) is 9.62 Å². The van der Waals surface area contributed by atoms with Crippen molar-refractivity contribution in [3.63, 3.8) is 0 Å². The van der Waals surface area contributed by atoms with Gasteiger partial charge in [0.2, 0.25) is 15.9 Å². The number of nitrogens with zero attached hydrogens (tertiary/aromatic N) is 1. The van der Waals surface area contributed by atoms with Crippen molar-refractivity contribution in [3.8, 4) is 0 Å². The average molecular weight is 370 g/mol. The van der Waals surface area contributed by atoms with Gasteiger partial charge in [0.1, 0.15) is 4.90 Å². The molecule has 106 valence electrons. The molecule has 0 aliphatic carbocycles. The second-order valence-corrected chi connectivity index (χ2v) is 7.16. The molecule has 1 atom stereocenters. The number of carbonyl (C=O) groups excluding carboxylic acids is 1. The lowest BCUT2D eigenvalue weighted by Gasteiger charge is -2.18. The first-order valence-electron chi connectivity index (χ1n) is 5.33. The number of rotatable bonds is 4. The Labute approximate surface area is 126 Å². The third-order valence-corrected chi connectivity index (χ3v) is 4.84. The van der Waals surface area contributed by atoms with Crippen molar-refractivity contribution in [3.05, 3.63) is 27.7 Å². The molecule has 0 aromatic heterocycles. The van der Waals surface area contributed by atoms with Gasteiger partial charge in [-0.2, -0.15) is 4.72 Å². The molecule has 0 aliphatic heterocycles. The molecule has 5 nitrogen and oxygen atoms in total. The molecule has 1 unspecified atom stereocenters. The Morgan fingerprint density at radius 1 is 1.42 bits per heavy atom. The van der Waals surface area contributed by atoms with Crippen LogP contribution in [0, 0.1) is 0 Å². The Bertz CT molecular complexity index is 590. The van der Waals surface area contributed by atoms with Crippen molar-refractivity contribution < 1.29 is 13.2 Å². The summed E-state index contributed by atoms with van der Waals surface area (Å²) in [6.07, 6.45) is 0. The summed E-state index contributed by atoms with van der Waals surface area (Å²) in [5.74, 6) is -0.336. The predicted octanol–water partition coefficient (Wildman–Crippen LogP) is 1.86. The largest absolute Gasteiger partial charge is 0.347 e. The fraction of sp³-hybridized carbons (Fsp3) is 0.364. The van der Waals surface area contributed by atoms with E-state index < -0.39 is 16.1 Å². The second-order valence-electron chi connectivity index (χ2n) is 4.15. The van der Waals surface area contributed by atoms with Gasteiger partial charge in [-0.05, 0) is 25.1 Å². The summed E-state index contributed by atoms with van der Waals surface area (Å²) in [5.41, 5.74) is 0. The number of benzene rings is 1. The molecule has 0 saturated carbocycles. The minimum Gasteiger partial charge on any atom is -0.347 e. The summed E-state index contributed by atoms with van der Waals surface area (Å²) >= 11 is 9.09. The first-order valence-corrected chi connectivity index (χ1v) is 7.99. The van der Waals surface area contributed by atoms with Gasteiger partial charge in [-0.1, -0.05) is 27.5 Å². The third-order valence-electron chi connectivity index (χ3n) is 2.33. The quantitative estimate of drug-likeness (QED) is 0.881. The highest BCUT2D eigenvalue weighted by atomic mass is 79.9. The zero-order valence-corrected chi connectivity index (χ0v) is 13.8. The van der Waals surface area contributed by atoms with E-state index in [9.17, 15) is 13.2 Å². The third kappa shape index (κ3) is 4.17. The number of likely N-dealkylation sites (N-methyl/N-ethyl adjacent to an activating group) is 1. The molecule has 0 bridgehead atoms. The second kappa shape index (κ2) is 6.21. The highest BCUT2D eigenvalue weighted by Gasteiger charge is 2.24. The molecular weight excluding hydrogens is 356 g/mol. The maximum atomic E-state index is 12.1. The Balaban J connectivity index is 3.02. The minimum atomic E-state index is -3.84. The molecule has 8 heteroatoms. The van der Waals surface area contributed by atoms with Crippen LogP contribution in [0.5, 0.6) is 0 Å². The van der Waals surface area contributed by atoms with Crippen molar-refractivity contribution >= 4 is 43.5 Å². The first-order chi connectivity index (χ1) is 8.65. The van der Waals surface area contributed by atoms with Crippen LogP contribution in [0.15, 0.2) is 27.6 Å². The first kappa shape index (κ1) is 16.4. The molecule has 1 aromatic carbocycles. The van der Waals surface area contributed by atoms with Crippen molar-refractivity contribution in [2.24, 2.45) is 0 Å². The smallest absolute Gasteiger partial charge is 0.242 e. The molecule has 0 aliphatic rings. The Hall–Kier alpha value is -0.630. The normalized spacial score (nSPS) is 13.1. The Morgan fingerprint density at radius 3 is 2.47 bits per heavy atom. The van der Waals surface area contributed by atoms with Gasteiger partial charge in [0, 0.05) is 18.6 Å². The summed E-state index contributed by atoms with van der Waals surface area (Å²) in [6.45, 7) is 1.48. The van der Waals surface area contributed by atoms with Gasteiger partial charge in [0.05, 0.1) is 11.1 Å². The molecule has 1 aromatic rings. The van der Waals surface area contributed by atoms with Crippen LogP contribution in [0.4, 0.5) is 0 Å². The van der Waals surface area contributed by atoms with E-state index >= 15 is 0 Å². The summed E-state index contributed by atoms with van der Waals surface area (Å²) < 4.78 is 27.2. The van der Waals surface area contributed by atoms with Crippen molar-refractivity contribution in [2.75, 3.05) is 14.1 Å². The molecule has 0 spiro atoms. The van der Waals surface area contributed by atoms with Crippen LogP contribution < -0.4 is 4.72 Å². The maximum absolute atomic E-state index is 12.1. The van der Waals surface area contributed by atoms with E-state index in [1.807, 2.05) is 0 Å². The van der Waals surface area contributed by atoms with Crippen LogP contribution in [0.2, 0.25) is 5.02 Å². The Morgan fingerprint density at radius 2 is 2.00 bits per heavy atom. The number of halogens is 2. The molecule has 1 amide bonds. The lowest BCUT2D eigenvalue weighted by molar-refractivity contribution is -0.130. The molecule has 1 rings (SSSR count). The molecule has 19 heavy (non-hydrogen) atoms. The molecule has 1 N–H and O–H groups in total. The van der Waals surface area contributed by atoms with Gasteiger partial charge in [0.15, 0.2) is 0 Å². The molecule has 0 fully saturated rings. The van der Waals surface area contributed by atoms with Gasteiger partial charge < -0.3 is 4.90 Å². The number of carbonyl (C=O) groups is 1. The van der Waals surface area contributed by atoms with E-state index in [1.165, 1.54) is 24.0 Å². The van der Waals surface area contributed by atoms with E-state index in [-0.39, 0.29) is 15.8 Å². The fourth-order valence-corrected chi connectivity index (χ4v) is 3.66. The van der Waals surface area contributed by atoms with Crippen molar-refractivity contribution in [2.45, 2.75) is 17.9 Å². The Kier molecular flexibility index (Phi) is 5.37. The van der Waals surface area contributed by atoms with Crippen LogP contribution in [-0.2, 0) is 14.8 Å². The monoisotopic (exact) mass is 368 g/mol. The standard InChI is InChI=1S/C11H14BrClN2O3S/c1-7(11(16)15(2)3)14-19(17,18)10-5-4-8(12)6-9(10)13/h4-7,14H,1-3H3. The van der Waals surface area contributed by atoms with Crippen LogP contribution in [0.25, 0.3) is 0 Å². The predicted molar refractivity (Wildman–Crippen MR) is 77.6 cm³/mol. The van der Waals surface area contributed by atoms with E-state index in [1.54, 1.807) is 20.2 Å². The lowest BCUT2D eigenvalue weighted by Crippen LogP contribution is -2.44. The van der Waals surface area contributed by atoms with E-state index in [0.717, 1.165) is 0 Å². The van der Waals surface area contributed by atoms with Crippen LogP contribution in [-0.4, -0.2) is 39.4 Å². The minimum absolute atomic E-state index is 0.0595. The van der Waals surface area contributed by atoms with E-state index in [2.05, 4.69) is 20.7 Å². The van der Waals surface area contributed by atoms with Crippen LogP contribution in [0.1, 0.15) is 6.92 Å². The van der Waals surface area contributed by atoms with Gasteiger partial charge in [-0.3, -0.25) is 4.79 Å². The highest BCUT2D eigenvalue weighted by Crippen LogP contribution is 2.25. The topological polar surface area (TPSA) is 66.5 Å². The molecule has 0 saturated heterocycles. The zero-order chi connectivity index (χ0) is 14.8.